The highest BCUT2D eigenvalue weighted by atomic mass is 16.5. The first kappa shape index (κ1) is 23.2. The number of anilines is 2. The Kier molecular flexibility index (Phi) is 5.73. The minimum absolute atomic E-state index is 0.251. The van der Waals surface area contributed by atoms with Crippen molar-refractivity contribution in [1.29, 1.82) is 0 Å². The zero-order valence-corrected chi connectivity index (χ0v) is 21.8. The molecule has 194 valence electrons. The Bertz CT molecular complexity index is 1600. The summed E-state index contributed by atoms with van der Waals surface area (Å²) in [6.45, 7) is 7.53. The summed E-state index contributed by atoms with van der Waals surface area (Å²) in [6.07, 6.45) is 6.77. The van der Waals surface area contributed by atoms with E-state index < -0.39 is 0 Å². The van der Waals surface area contributed by atoms with Crippen LogP contribution in [0.4, 0.5) is 11.8 Å². The lowest BCUT2D eigenvalue weighted by atomic mass is 9.91. The third-order valence-corrected chi connectivity index (χ3v) is 7.79. The highest BCUT2D eigenvalue weighted by Gasteiger charge is 2.25. The van der Waals surface area contributed by atoms with E-state index in [9.17, 15) is 0 Å². The molecule has 4 aromatic heterocycles. The van der Waals surface area contributed by atoms with Crippen LogP contribution in [0.2, 0.25) is 0 Å². The molecule has 1 atom stereocenters. The Morgan fingerprint density at radius 1 is 1.05 bits per heavy atom. The van der Waals surface area contributed by atoms with E-state index in [0.29, 0.717) is 11.7 Å². The predicted octanol–water partition coefficient (Wildman–Crippen LogP) is 4.60. The SMILES string of the molecule is CC(C)c1cnn2c(NC3CCc4[nH]c5ccccc5c4C3)nc(-c3ccc(N4CCOCC4)nc3)nc12. The Morgan fingerprint density at radius 3 is 2.74 bits per heavy atom. The van der Waals surface area contributed by atoms with Crippen LogP contribution in [0.25, 0.3) is 27.9 Å². The van der Waals surface area contributed by atoms with E-state index in [0.717, 1.165) is 74.1 Å². The van der Waals surface area contributed by atoms with Crippen molar-refractivity contribution in [1.82, 2.24) is 29.5 Å². The minimum Gasteiger partial charge on any atom is -0.378 e. The lowest BCUT2D eigenvalue weighted by Crippen LogP contribution is -2.36. The smallest absolute Gasteiger partial charge is 0.228 e. The van der Waals surface area contributed by atoms with Gasteiger partial charge >= 0.3 is 0 Å². The molecule has 1 aromatic carbocycles. The molecule has 9 nitrogen and oxygen atoms in total. The monoisotopic (exact) mass is 508 g/mol. The van der Waals surface area contributed by atoms with Gasteiger partial charge in [0.05, 0.1) is 19.4 Å². The largest absolute Gasteiger partial charge is 0.378 e. The molecule has 0 bridgehead atoms. The van der Waals surface area contributed by atoms with Crippen molar-refractivity contribution in [3.63, 3.8) is 0 Å². The van der Waals surface area contributed by atoms with Crippen LogP contribution < -0.4 is 10.2 Å². The zero-order valence-electron chi connectivity index (χ0n) is 21.8. The van der Waals surface area contributed by atoms with Crippen LogP contribution in [0.3, 0.4) is 0 Å². The predicted molar refractivity (Wildman–Crippen MR) is 149 cm³/mol. The van der Waals surface area contributed by atoms with Gasteiger partial charge in [-0.1, -0.05) is 32.0 Å². The molecular formula is C29H32N8O. The van der Waals surface area contributed by atoms with Gasteiger partial charge in [-0.3, -0.25) is 0 Å². The number of fused-ring (bicyclic) bond motifs is 4. The standard InChI is InChI=1S/C29H32N8O/c1-18(2)23-17-31-37-28(23)34-27(19-7-10-26(30-16-19)36-11-13-38-14-12-36)35-29(37)32-20-8-9-25-22(15-20)21-5-3-4-6-24(21)33-25/h3-7,10,16-18,20,33H,8-9,11-15H2,1-2H3,(H,32,34,35). The van der Waals surface area contributed by atoms with Crippen LogP contribution >= 0.6 is 0 Å². The fourth-order valence-corrected chi connectivity index (χ4v) is 5.70. The number of ether oxygens (including phenoxy) is 1. The molecule has 1 aliphatic heterocycles. The van der Waals surface area contributed by atoms with Crippen molar-refractivity contribution in [2.24, 2.45) is 0 Å². The summed E-state index contributed by atoms with van der Waals surface area (Å²) in [4.78, 5) is 20.6. The van der Waals surface area contributed by atoms with Crippen LogP contribution in [-0.4, -0.2) is 61.9 Å². The molecule has 1 unspecified atom stereocenters. The van der Waals surface area contributed by atoms with E-state index in [-0.39, 0.29) is 6.04 Å². The van der Waals surface area contributed by atoms with Gasteiger partial charge in [-0.15, -0.1) is 0 Å². The van der Waals surface area contributed by atoms with Crippen LogP contribution in [0.1, 0.15) is 43.0 Å². The van der Waals surface area contributed by atoms with Gasteiger partial charge in [0.2, 0.25) is 5.95 Å². The lowest BCUT2D eigenvalue weighted by Gasteiger charge is -2.27. The molecule has 1 saturated heterocycles. The van der Waals surface area contributed by atoms with E-state index in [2.05, 4.69) is 70.5 Å². The second kappa shape index (κ2) is 9.40. The summed E-state index contributed by atoms with van der Waals surface area (Å²) < 4.78 is 7.34. The number of aryl methyl sites for hydroxylation is 1. The molecule has 0 spiro atoms. The molecule has 1 fully saturated rings. The minimum atomic E-state index is 0.251. The molecule has 9 heteroatoms. The molecule has 2 aliphatic rings. The normalized spacial score (nSPS) is 17.9. The number of hydrogen-bond acceptors (Lipinski definition) is 7. The van der Waals surface area contributed by atoms with Crippen molar-refractivity contribution in [3.05, 3.63) is 65.6 Å². The summed E-state index contributed by atoms with van der Waals surface area (Å²) >= 11 is 0. The number of aromatic nitrogens is 6. The molecule has 7 rings (SSSR count). The summed E-state index contributed by atoms with van der Waals surface area (Å²) in [5, 5.41) is 9.74. The first-order chi connectivity index (χ1) is 18.6. The maximum absolute atomic E-state index is 5.48. The lowest BCUT2D eigenvalue weighted by molar-refractivity contribution is 0.122. The second-order valence-electron chi connectivity index (χ2n) is 10.6. The third kappa shape index (κ3) is 4.07. The van der Waals surface area contributed by atoms with Crippen molar-refractivity contribution >= 4 is 28.3 Å². The van der Waals surface area contributed by atoms with Crippen molar-refractivity contribution in [2.75, 3.05) is 36.5 Å². The highest BCUT2D eigenvalue weighted by Crippen LogP contribution is 2.31. The van der Waals surface area contributed by atoms with Crippen LogP contribution in [-0.2, 0) is 17.6 Å². The molecule has 38 heavy (non-hydrogen) atoms. The van der Waals surface area contributed by atoms with E-state index in [1.165, 1.54) is 22.2 Å². The summed E-state index contributed by atoms with van der Waals surface area (Å²) in [5.41, 5.74) is 6.81. The van der Waals surface area contributed by atoms with Crippen LogP contribution in [0.5, 0.6) is 0 Å². The van der Waals surface area contributed by atoms with Gasteiger partial charge in [0, 0.05) is 53.1 Å². The third-order valence-electron chi connectivity index (χ3n) is 7.79. The summed E-state index contributed by atoms with van der Waals surface area (Å²) in [7, 11) is 0. The van der Waals surface area contributed by atoms with E-state index in [1.807, 2.05) is 16.9 Å². The molecule has 2 N–H and O–H groups in total. The number of pyridine rings is 1. The van der Waals surface area contributed by atoms with Gasteiger partial charge in [-0.25, -0.2) is 9.97 Å². The van der Waals surface area contributed by atoms with Crippen molar-refractivity contribution < 1.29 is 4.74 Å². The van der Waals surface area contributed by atoms with Gasteiger partial charge in [-0.05, 0) is 48.9 Å². The van der Waals surface area contributed by atoms with Crippen LogP contribution in [0.15, 0.2) is 48.8 Å². The summed E-state index contributed by atoms with van der Waals surface area (Å²) in [6, 6.07) is 12.9. The van der Waals surface area contributed by atoms with Gasteiger partial charge in [0.15, 0.2) is 11.5 Å². The average molecular weight is 509 g/mol. The van der Waals surface area contributed by atoms with Gasteiger partial charge in [0.1, 0.15) is 5.82 Å². The Labute approximate surface area is 221 Å². The first-order valence-electron chi connectivity index (χ1n) is 13.5. The molecule has 5 aromatic rings. The van der Waals surface area contributed by atoms with E-state index in [4.69, 9.17) is 19.7 Å². The maximum Gasteiger partial charge on any atom is 0.228 e. The van der Waals surface area contributed by atoms with E-state index in [1.54, 1.807) is 0 Å². The second-order valence-corrected chi connectivity index (χ2v) is 10.6. The number of benzene rings is 1. The Morgan fingerprint density at radius 2 is 1.92 bits per heavy atom. The molecule has 5 heterocycles. The number of morpholine rings is 1. The molecular weight excluding hydrogens is 476 g/mol. The van der Waals surface area contributed by atoms with Gasteiger partial charge < -0.3 is 19.9 Å². The van der Waals surface area contributed by atoms with E-state index >= 15 is 0 Å². The quantitative estimate of drug-likeness (QED) is 0.358. The fourth-order valence-electron chi connectivity index (χ4n) is 5.70. The summed E-state index contributed by atoms with van der Waals surface area (Å²) in [5.74, 6) is 2.64. The zero-order chi connectivity index (χ0) is 25.6. The first-order valence-corrected chi connectivity index (χ1v) is 13.5. The number of nitrogens with zero attached hydrogens (tertiary/aromatic N) is 6. The molecule has 0 saturated carbocycles. The maximum atomic E-state index is 5.48. The Hall–Kier alpha value is -3.98. The fraction of sp³-hybridized carbons (Fsp3) is 0.379. The van der Waals surface area contributed by atoms with Crippen LogP contribution in [0, 0.1) is 0 Å². The average Bonchev–Trinajstić information content (AvgIpc) is 3.55. The molecule has 0 amide bonds. The number of H-pyrrole nitrogens is 1. The van der Waals surface area contributed by atoms with Gasteiger partial charge in [0.25, 0.3) is 0 Å². The van der Waals surface area contributed by atoms with Crippen molar-refractivity contribution in [3.8, 4) is 11.4 Å². The molecule has 0 radical (unpaired) electrons. The molecule has 1 aliphatic carbocycles. The number of rotatable bonds is 5. The van der Waals surface area contributed by atoms with Gasteiger partial charge in [-0.2, -0.15) is 14.6 Å². The number of para-hydroxylation sites is 1. The number of nitrogens with one attached hydrogen (secondary N) is 2. The highest BCUT2D eigenvalue weighted by molar-refractivity contribution is 5.85. The van der Waals surface area contributed by atoms with Crippen molar-refractivity contribution in [2.45, 2.75) is 45.1 Å². The Balaban J connectivity index is 1.23. The number of hydrogen-bond donors (Lipinski definition) is 2. The number of aromatic amines is 1. The topological polar surface area (TPSA) is 96.3 Å².